The van der Waals surface area contributed by atoms with E-state index in [1.54, 1.807) is 73.7 Å². The highest BCUT2D eigenvalue weighted by molar-refractivity contribution is 6.08. The Hall–Kier alpha value is -6.15. The van der Waals surface area contributed by atoms with Crippen LogP contribution < -0.4 is 19.5 Å². The van der Waals surface area contributed by atoms with Crippen molar-refractivity contribution in [1.82, 2.24) is 0 Å². The number of carbonyl (C=O) groups excluding carboxylic acids is 4. The molecule has 0 atom stereocenters. The number of hydrogen-bond donors (Lipinski definition) is 1. The number of ether oxygens (including phenoxy) is 5. The van der Waals surface area contributed by atoms with Gasteiger partial charge in [-0.3, -0.25) is 4.79 Å². The summed E-state index contributed by atoms with van der Waals surface area (Å²) in [6.45, 7) is 17.4. The van der Waals surface area contributed by atoms with Gasteiger partial charge in [0.25, 0.3) is 11.6 Å². The van der Waals surface area contributed by atoms with Gasteiger partial charge in [-0.25, -0.2) is 19.2 Å². The molecule has 3 rings (SSSR count). The minimum Gasteiger partial charge on any atom is -0.494 e. The molecule has 0 aromatic heterocycles. The minimum absolute atomic E-state index is 0.112. The molecule has 0 saturated carbocycles. The van der Waals surface area contributed by atoms with Crippen molar-refractivity contribution in [2.75, 3.05) is 31.7 Å². The Morgan fingerprint density at radius 3 is 1.76 bits per heavy atom. The quantitative estimate of drug-likeness (QED) is 0.0478. The molecule has 0 unspecified atom stereocenters. The number of aryl methyl sites for hydroxylation is 1. The zero-order valence-electron chi connectivity index (χ0n) is 27.3. The lowest BCUT2D eigenvalue weighted by Gasteiger charge is -2.11. The molecule has 1 N–H and O–H groups in total. The van der Waals surface area contributed by atoms with Crippen molar-refractivity contribution in [3.05, 3.63) is 126 Å². The fraction of sp³-hybridized carbons (Fsp3) is 0.237. The fourth-order valence-corrected chi connectivity index (χ4v) is 4.10. The number of carbonyl (C=O) groups is 4. The molecule has 11 nitrogen and oxygen atoms in total. The van der Waals surface area contributed by atoms with Gasteiger partial charge in [-0.2, -0.15) is 0 Å². The van der Waals surface area contributed by atoms with Gasteiger partial charge in [0.1, 0.15) is 17.2 Å². The minimum atomic E-state index is -0.584. The standard InChI is InChI=1S/C38H38N2O9/c1-5-35(41)47-23-9-7-21-45-30-15-11-28(12-16-30)26-34(39-4)37(43)40-33-20-19-32(25-27(33)3)49-38(44)29-13-17-31(18-14-29)46-22-8-10-24-48-36(42)6-2/h5-6,11-20,25-26H,1-2,7-10,21-24H2,3H3,(H,40,43)/b34-26-. The molecule has 0 saturated heterocycles. The van der Waals surface area contributed by atoms with E-state index in [1.807, 2.05) is 0 Å². The van der Waals surface area contributed by atoms with Crippen LogP contribution in [-0.4, -0.2) is 50.2 Å². The molecule has 3 aromatic carbocycles. The number of amides is 1. The van der Waals surface area contributed by atoms with Crippen molar-refractivity contribution < 1.29 is 42.9 Å². The number of nitrogens with zero attached hydrogens (tertiary/aromatic N) is 1. The Labute approximate surface area is 285 Å². The number of benzene rings is 3. The molecule has 0 aliphatic carbocycles. The van der Waals surface area contributed by atoms with Gasteiger partial charge in [0.2, 0.25) is 0 Å². The van der Waals surface area contributed by atoms with Crippen LogP contribution in [0, 0.1) is 13.5 Å². The van der Waals surface area contributed by atoms with Crippen molar-refractivity contribution in [2.45, 2.75) is 32.6 Å². The van der Waals surface area contributed by atoms with Crippen molar-refractivity contribution in [3.63, 3.8) is 0 Å². The highest BCUT2D eigenvalue weighted by atomic mass is 16.5. The summed E-state index contributed by atoms with van der Waals surface area (Å²) < 4.78 is 26.7. The molecule has 49 heavy (non-hydrogen) atoms. The molecule has 0 aliphatic rings. The summed E-state index contributed by atoms with van der Waals surface area (Å²) in [6, 6.07) is 18.3. The Morgan fingerprint density at radius 2 is 1.24 bits per heavy atom. The Kier molecular flexibility index (Phi) is 15.4. The Bertz CT molecular complexity index is 1690. The van der Waals surface area contributed by atoms with E-state index < -0.39 is 23.8 Å². The molecular weight excluding hydrogens is 628 g/mol. The topological polar surface area (TPSA) is 131 Å². The molecule has 0 bridgehead atoms. The smallest absolute Gasteiger partial charge is 0.343 e. The van der Waals surface area contributed by atoms with Crippen LogP contribution in [0.2, 0.25) is 0 Å². The summed E-state index contributed by atoms with van der Waals surface area (Å²) in [5, 5.41) is 2.74. The first-order valence-electron chi connectivity index (χ1n) is 15.5. The third kappa shape index (κ3) is 13.2. The van der Waals surface area contributed by atoms with Crippen LogP contribution in [0.15, 0.2) is 97.7 Å². The van der Waals surface area contributed by atoms with Gasteiger partial charge in [0.05, 0.1) is 38.6 Å². The Balaban J connectivity index is 1.46. The number of hydrogen-bond acceptors (Lipinski definition) is 9. The monoisotopic (exact) mass is 666 g/mol. The maximum Gasteiger partial charge on any atom is 0.343 e. The summed E-state index contributed by atoms with van der Waals surface area (Å²) in [5.74, 6) is -0.549. The molecule has 0 fully saturated rings. The average molecular weight is 667 g/mol. The third-order valence-corrected chi connectivity index (χ3v) is 6.72. The predicted octanol–water partition coefficient (Wildman–Crippen LogP) is 6.89. The summed E-state index contributed by atoms with van der Waals surface area (Å²) >= 11 is 0. The van der Waals surface area contributed by atoms with E-state index in [4.69, 9.17) is 30.3 Å². The van der Waals surface area contributed by atoms with Gasteiger partial charge in [0.15, 0.2) is 0 Å². The molecule has 1 amide bonds. The van der Waals surface area contributed by atoms with Crippen LogP contribution in [-0.2, 0) is 23.9 Å². The molecule has 11 heteroatoms. The summed E-state index contributed by atoms with van der Waals surface area (Å²) in [5.41, 5.74) is 1.95. The number of esters is 3. The highest BCUT2D eigenvalue weighted by Crippen LogP contribution is 2.24. The van der Waals surface area contributed by atoms with Crippen molar-refractivity contribution >= 4 is 35.6 Å². The summed E-state index contributed by atoms with van der Waals surface area (Å²) in [4.78, 5) is 51.1. The molecule has 0 spiro atoms. The molecular formula is C38H38N2O9. The molecule has 0 heterocycles. The third-order valence-electron chi connectivity index (χ3n) is 6.72. The van der Waals surface area contributed by atoms with Gasteiger partial charge in [-0.1, -0.05) is 25.3 Å². The largest absolute Gasteiger partial charge is 0.494 e. The van der Waals surface area contributed by atoms with Crippen LogP contribution in [0.1, 0.15) is 47.2 Å². The Morgan fingerprint density at radius 1 is 0.735 bits per heavy atom. The van der Waals surface area contributed by atoms with E-state index in [0.29, 0.717) is 86.0 Å². The second-order valence-corrected chi connectivity index (χ2v) is 10.4. The van der Waals surface area contributed by atoms with Gasteiger partial charge in [0, 0.05) is 17.8 Å². The van der Waals surface area contributed by atoms with Crippen molar-refractivity contribution in [1.29, 1.82) is 0 Å². The normalized spacial score (nSPS) is 10.6. The van der Waals surface area contributed by atoms with E-state index in [-0.39, 0.29) is 11.4 Å². The van der Waals surface area contributed by atoms with Crippen molar-refractivity contribution in [2.24, 2.45) is 0 Å². The fourth-order valence-electron chi connectivity index (χ4n) is 4.10. The lowest BCUT2D eigenvalue weighted by Crippen LogP contribution is -2.14. The highest BCUT2D eigenvalue weighted by Gasteiger charge is 2.14. The average Bonchev–Trinajstić information content (AvgIpc) is 3.11. The second-order valence-electron chi connectivity index (χ2n) is 10.4. The van der Waals surface area contributed by atoms with Crippen LogP contribution in [0.5, 0.6) is 17.2 Å². The molecule has 0 aliphatic heterocycles. The maximum atomic E-state index is 12.9. The van der Waals surface area contributed by atoms with Crippen LogP contribution in [0.25, 0.3) is 10.9 Å². The number of anilines is 1. The number of rotatable bonds is 19. The molecule has 3 aromatic rings. The van der Waals surface area contributed by atoms with E-state index in [1.165, 1.54) is 6.08 Å². The van der Waals surface area contributed by atoms with E-state index >= 15 is 0 Å². The molecule has 0 radical (unpaired) electrons. The van der Waals surface area contributed by atoms with Gasteiger partial charge >= 0.3 is 17.9 Å². The van der Waals surface area contributed by atoms with Crippen LogP contribution in [0.4, 0.5) is 5.69 Å². The van der Waals surface area contributed by atoms with Gasteiger partial charge in [-0.05, 0) is 104 Å². The first-order chi connectivity index (χ1) is 23.7. The second kappa shape index (κ2) is 20.2. The molecule has 254 valence electrons. The number of nitrogens with one attached hydrogen (secondary N) is 1. The maximum absolute atomic E-state index is 12.9. The predicted molar refractivity (Wildman–Crippen MR) is 184 cm³/mol. The first kappa shape index (κ1) is 37.3. The van der Waals surface area contributed by atoms with Gasteiger partial charge < -0.3 is 29.0 Å². The lowest BCUT2D eigenvalue weighted by atomic mass is 10.1. The lowest BCUT2D eigenvalue weighted by molar-refractivity contribution is -0.138. The number of unbranched alkanes of at least 4 members (excludes halogenated alkanes) is 2. The van der Waals surface area contributed by atoms with Gasteiger partial charge in [-0.15, -0.1) is 0 Å². The van der Waals surface area contributed by atoms with E-state index in [2.05, 4.69) is 23.3 Å². The zero-order chi connectivity index (χ0) is 35.4. The summed E-state index contributed by atoms with van der Waals surface area (Å²) in [6.07, 6.45) is 6.41. The van der Waals surface area contributed by atoms with Crippen LogP contribution in [0.3, 0.4) is 0 Å². The SMILES string of the molecule is [C-]#[N+]/C(=C\c1ccc(OCCCCOC(=O)C=C)cc1)C(=O)Nc1ccc(OC(=O)c2ccc(OCCCCOC(=O)C=C)cc2)cc1C. The van der Waals surface area contributed by atoms with E-state index in [9.17, 15) is 19.2 Å². The summed E-state index contributed by atoms with van der Waals surface area (Å²) in [7, 11) is 0. The van der Waals surface area contributed by atoms with Crippen LogP contribution >= 0.6 is 0 Å². The van der Waals surface area contributed by atoms with Crippen molar-refractivity contribution in [3.8, 4) is 17.2 Å². The zero-order valence-corrected chi connectivity index (χ0v) is 27.3. The first-order valence-corrected chi connectivity index (χ1v) is 15.5. The van der Waals surface area contributed by atoms with E-state index in [0.717, 1.165) is 12.2 Å².